The average molecular weight is 399 g/mol. The highest BCUT2D eigenvalue weighted by atomic mass is 16.7. The van der Waals surface area contributed by atoms with Crippen LogP contribution in [0.4, 0.5) is 0 Å². The Morgan fingerprint density at radius 2 is 2.03 bits per heavy atom. The minimum Gasteiger partial charge on any atom is -0.463 e. The van der Waals surface area contributed by atoms with Crippen molar-refractivity contribution in [3.8, 4) is 5.75 Å². The largest absolute Gasteiger partial charge is 0.463 e. The summed E-state index contributed by atoms with van der Waals surface area (Å²) in [4.78, 5) is 10.9. The first kappa shape index (κ1) is 21.3. The Kier molecular flexibility index (Phi) is 6.90. The summed E-state index contributed by atoms with van der Waals surface area (Å²) in [6.07, 6.45) is 0.215. The van der Waals surface area contributed by atoms with Crippen LogP contribution in [0.5, 0.6) is 5.75 Å². The van der Waals surface area contributed by atoms with E-state index in [-0.39, 0.29) is 12.6 Å². The number of ether oxygens (including phenoxy) is 3. The molecule has 0 saturated carbocycles. The van der Waals surface area contributed by atoms with Gasteiger partial charge in [-0.05, 0) is 41.8 Å². The number of hydrogen-bond donors (Lipinski definition) is 2. The van der Waals surface area contributed by atoms with Gasteiger partial charge in [0.25, 0.3) is 0 Å². The van der Waals surface area contributed by atoms with Crippen molar-refractivity contribution in [1.82, 2.24) is 5.32 Å². The number of esters is 1. The number of fused-ring (bicyclic) bond motifs is 1. The van der Waals surface area contributed by atoms with Crippen molar-refractivity contribution in [2.45, 2.75) is 52.3 Å². The maximum Gasteiger partial charge on any atom is 0.302 e. The van der Waals surface area contributed by atoms with E-state index < -0.39 is 11.9 Å². The second-order valence-electron chi connectivity index (χ2n) is 7.73. The Morgan fingerprint density at radius 1 is 1.24 bits per heavy atom. The Balaban J connectivity index is 1.46. The second-order valence-corrected chi connectivity index (χ2v) is 7.73. The predicted octanol–water partition coefficient (Wildman–Crippen LogP) is 3.26. The summed E-state index contributed by atoms with van der Waals surface area (Å²) in [5.41, 5.74) is 3.92. The summed E-state index contributed by atoms with van der Waals surface area (Å²) >= 11 is 0. The molecule has 1 atom stereocenters. The van der Waals surface area contributed by atoms with Gasteiger partial charge in [0.15, 0.2) is 0 Å². The first-order chi connectivity index (χ1) is 13.8. The molecule has 2 aromatic carbocycles. The van der Waals surface area contributed by atoms with E-state index in [1.54, 1.807) is 0 Å². The van der Waals surface area contributed by atoms with E-state index in [2.05, 4.69) is 5.32 Å². The van der Waals surface area contributed by atoms with Crippen LogP contribution in [0.2, 0.25) is 0 Å². The molecule has 2 N–H and O–H groups in total. The van der Waals surface area contributed by atoms with Crippen molar-refractivity contribution < 1.29 is 24.1 Å². The van der Waals surface area contributed by atoms with Crippen molar-refractivity contribution in [3.05, 3.63) is 64.7 Å². The fraction of sp³-hybridized carbons (Fsp3) is 0.435. The molecule has 0 radical (unpaired) electrons. The van der Waals surface area contributed by atoms with Crippen LogP contribution in [0, 0.1) is 0 Å². The molecule has 0 saturated heterocycles. The zero-order valence-corrected chi connectivity index (χ0v) is 17.2. The molecule has 1 heterocycles. The Bertz CT molecular complexity index is 849. The smallest absolute Gasteiger partial charge is 0.302 e. The third kappa shape index (κ3) is 6.29. The number of carbonyl (C=O) groups excluding carboxylic acids is 1. The fourth-order valence-electron chi connectivity index (χ4n) is 3.21. The van der Waals surface area contributed by atoms with Gasteiger partial charge in [0, 0.05) is 32.9 Å². The molecule has 0 unspecified atom stereocenters. The normalized spacial score (nSPS) is 15.9. The van der Waals surface area contributed by atoms with Crippen LogP contribution in [-0.2, 0) is 33.9 Å². The highest BCUT2D eigenvalue weighted by Crippen LogP contribution is 2.32. The van der Waals surface area contributed by atoms with E-state index in [9.17, 15) is 9.90 Å². The van der Waals surface area contributed by atoms with Gasteiger partial charge in [0.05, 0.1) is 12.7 Å². The number of aliphatic hydroxyl groups is 1. The molecule has 156 valence electrons. The van der Waals surface area contributed by atoms with Crippen LogP contribution in [-0.4, -0.2) is 30.0 Å². The lowest BCUT2D eigenvalue weighted by atomic mass is 10.0. The van der Waals surface area contributed by atoms with Crippen LogP contribution in [0.25, 0.3) is 0 Å². The van der Waals surface area contributed by atoms with E-state index in [1.807, 2.05) is 56.3 Å². The Hall–Kier alpha value is -2.41. The summed E-state index contributed by atoms with van der Waals surface area (Å²) in [6.45, 7) is 7.13. The first-order valence-corrected chi connectivity index (χ1v) is 9.88. The number of rotatable bonds is 8. The van der Waals surface area contributed by atoms with Crippen molar-refractivity contribution in [3.63, 3.8) is 0 Å². The molecule has 6 heteroatoms. The number of hydrogen-bond acceptors (Lipinski definition) is 6. The summed E-state index contributed by atoms with van der Waals surface area (Å²) in [5, 5.41) is 13.8. The third-order valence-corrected chi connectivity index (χ3v) is 4.76. The van der Waals surface area contributed by atoms with Crippen LogP contribution in [0.3, 0.4) is 0 Å². The molecule has 6 nitrogen and oxygen atoms in total. The number of aliphatic hydroxyl groups excluding tert-OH is 1. The summed E-state index contributed by atoms with van der Waals surface area (Å²) in [7, 11) is 0. The van der Waals surface area contributed by atoms with Crippen LogP contribution in [0.1, 0.15) is 49.1 Å². The standard InChI is InChI=1S/C23H29NO5/c1-16(25)27-14-18-6-4-5-17(11-18)9-10-24-13-21(26)19-7-8-22-20(12-19)15-28-23(2,3)29-22/h4-8,11-12,21,24,26H,9-10,13-15H2,1-3H3/t21-/m1/s1. The molecule has 0 aromatic heterocycles. The lowest BCUT2D eigenvalue weighted by molar-refractivity contribution is -0.180. The van der Waals surface area contributed by atoms with E-state index in [1.165, 1.54) is 6.92 Å². The quantitative estimate of drug-likeness (QED) is 0.524. The monoisotopic (exact) mass is 399 g/mol. The molecule has 1 aliphatic rings. The maximum absolute atomic E-state index is 10.9. The van der Waals surface area contributed by atoms with E-state index in [4.69, 9.17) is 14.2 Å². The summed E-state index contributed by atoms with van der Waals surface area (Å²) < 4.78 is 16.5. The fourth-order valence-corrected chi connectivity index (χ4v) is 3.21. The van der Waals surface area contributed by atoms with Crippen LogP contribution < -0.4 is 10.1 Å². The molecular formula is C23H29NO5. The van der Waals surface area contributed by atoms with Gasteiger partial charge in [0.1, 0.15) is 12.4 Å². The molecule has 3 rings (SSSR count). The molecule has 0 fully saturated rings. The molecule has 0 bridgehead atoms. The molecule has 1 aliphatic heterocycles. The minimum atomic E-state index is -0.621. The van der Waals surface area contributed by atoms with Gasteiger partial charge >= 0.3 is 5.97 Å². The molecule has 0 amide bonds. The lowest BCUT2D eigenvalue weighted by Crippen LogP contribution is -2.35. The molecule has 2 aromatic rings. The molecule has 0 aliphatic carbocycles. The van der Waals surface area contributed by atoms with Gasteiger partial charge in [-0.1, -0.05) is 30.3 Å². The maximum atomic E-state index is 10.9. The third-order valence-electron chi connectivity index (χ3n) is 4.76. The highest BCUT2D eigenvalue weighted by molar-refractivity contribution is 5.65. The van der Waals surface area contributed by atoms with Crippen molar-refractivity contribution in [2.75, 3.05) is 13.1 Å². The van der Waals surface area contributed by atoms with Gasteiger partial charge < -0.3 is 24.6 Å². The zero-order chi connectivity index (χ0) is 20.9. The predicted molar refractivity (Wildman–Crippen MR) is 109 cm³/mol. The van der Waals surface area contributed by atoms with E-state index in [0.29, 0.717) is 13.2 Å². The number of nitrogens with one attached hydrogen (secondary N) is 1. The zero-order valence-electron chi connectivity index (χ0n) is 17.2. The topological polar surface area (TPSA) is 77.0 Å². The number of carbonyl (C=O) groups is 1. The van der Waals surface area contributed by atoms with Crippen molar-refractivity contribution in [2.24, 2.45) is 0 Å². The van der Waals surface area contributed by atoms with Gasteiger partial charge in [-0.3, -0.25) is 4.79 Å². The summed E-state index contributed by atoms with van der Waals surface area (Å²) in [6, 6.07) is 13.7. The minimum absolute atomic E-state index is 0.282. The van der Waals surface area contributed by atoms with Crippen LogP contribution in [0.15, 0.2) is 42.5 Å². The lowest BCUT2D eigenvalue weighted by Gasteiger charge is -2.33. The van der Waals surface area contributed by atoms with Crippen molar-refractivity contribution in [1.29, 1.82) is 0 Å². The van der Waals surface area contributed by atoms with Gasteiger partial charge in [-0.2, -0.15) is 0 Å². The van der Waals surface area contributed by atoms with E-state index >= 15 is 0 Å². The SMILES string of the molecule is CC(=O)OCc1cccc(CCNC[C@@H](O)c2ccc3c(c2)COC(C)(C)O3)c1. The first-order valence-electron chi connectivity index (χ1n) is 9.88. The Morgan fingerprint density at radius 3 is 2.83 bits per heavy atom. The van der Waals surface area contributed by atoms with Gasteiger partial charge in [0.2, 0.25) is 5.79 Å². The molecule has 0 spiro atoms. The highest BCUT2D eigenvalue weighted by Gasteiger charge is 2.27. The van der Waals surface area contributed by atoms with Gasteiger partial charge in [-0.25, -0.2) is 0 Å². The molecular weight excluding hydrogens is 370 g/mol. The second kappa shape index (κ2) is 9.39. The number of benzene rings is 2. The van der Waals surface area contributed by atoms with Crippen molar-refractivity contribution >= 4 is 5.97 Å². The van der Waals surface area contributed by atoms with Crippen LogP contribution >= 0.6 is 0 Å². The van der Waals surface area contributed by atoms with Gasteiger partial charge in [-0.15, -0.1) is 0 Å². The van der Waals surface area contributed by atoms with E-state index in [0.717, 1.165) is 41.0 Å². The summed E-state index contributed by atoms with van der Waals surface area (Å²) in [5.74, 6) is -0.0987. The molecule has 29 heavy (non-hydrogen) atoms. The average Bonchev–Trinajstić information content (AvgIpc) is 2.69. The Labute approximate surface area is 171 Å².